The van der Waals surface area contributed by atoms with Crippen LogP contribution in [0.15, 0.2) is 194 Å². The molecule has 0 saturated heterocycles. The predicted molar refractivity (Wildman–Crippen MR) is 239 cm³/mol. The zero-order valence-corrected chi connectivity index (χ0v) is 31.6. The molecular weight excluding hydrogens is 685 g/mol. The zero-order chi connectivity index (χ0) is 36.9. The summed E-state index contributed by atoms with van der Waals surface area (Å²) >= 11 is 1.87. The van der Waals surface area contributed by atoms with E-state index >= 15 is 0 Å². The molecule has 0 N–H and O–H groups in total. The number of anilines is 6. The van der Waals surface area contributed by atoms with Gasteiger partial charge in [-0.1, -0.05) is 133 Å². The molecule has 3 heteroatoms. The largest absolute Gasteiger partial charge is 0.309 e. The minimum absolute atomic E-state index is 1.13. The highest BCUT2D eigenvalue weighted by Crippen LogP contribution is 2.51. The molecule has 0 amide bonds. The van der Waals surface area contributed by atoms with Crippen LogP contribution in [0.4, 0.5) is 34.1 Å². The summed E-state index contributed by atoms with van der Waals surface area (Å²) in [7, 11) is 0. The SMILES string of the molecule is Cc1ccccc1-c1cc(N(c2cc3ccccc3c3ccccc23)c2cccc3sc4c(N(c5ccccc5)c5ccccc5)cccc4c23)ccc1C. The third-order valence-corrected chi connectivity index (χ3v) is 12.1. The van der Waals surface area contributed by atoms with Gasteiger partial charge in [-0.3, -0.25) is 0 Å². The average Bonchev–Trinajstić information content (AvgIpc) is 3.63. The number of hydrogen-bond acceptors (Lipinski definition) is 3. The van der Waals surface area contributed by atoms with Gasteiger partial charge in [0.2, 0.25) is 0 Å². The Morgan fingerprint density at radius 2 is 0.964 bits per heavy atom. The van der Waals surface area contributed by atoms with Gasteiger partial charge in [-0.2, -0.15) is 0 Å². The molecule has 0 bridgehead atoms. The van der Waals surface area contributed by atoms with Gasteiger partial charge in [0.1, 0.15) is 0 Å². The number of para-hydroxylation sites is 2. The summed E-state index contributed by atoms with van der Waals surface area (Å²) in [6, 6.07) is 70.8. The highest BCUT2D eigenvalue weighted by Gasteiger charge is 2.24. The van der Waals surface area contributed by atoms with Crippen molar-refractivity contribution in [3.8, 4) is 11.1 Å². The molecule has 0 radical (unpaired) electrons. The number of aryl methyl sites for hydroxylation is 2. The standard InChI is InChI=1S/C52H38N2S/c1-35-17-9-11-23-41(35)46-34-40(32-31-36(46)2)54(49-33-37-18-10-12-24-42(37)43-25-13-14-26-44(43)49)47-28-16-30-50-51(47)45-27-15-29-48(52(45)55-50)53(38-19-5-3-6-20-38)39-21-7-4-8-22-39/h3-34H,1-2H3. The van der Waals surface area contributed by atoms with Crippen LogP contribution in [-0.4, -0.2) is 0 Å². The van der Waals surface area contributed by atoms with E-state index in [0.717, 1.165) is 28.4 Å². The number of thiophene rings is 1. The van der Waals surface area contributed by atoms with E-state index in [4.69, 9.17) is 0 Å². The molecule has 10 aromatic rings. The Bertz CT molecular complexity index is 2980. The van der Waals surface area contributed by atoms with Crippen LogP contribution in [0, 0.1) is 13.8 Å². The molecule has 0 fully saturated rings. The lowest BCUT2D eigenvalue weighted by Crippen LogP contribution is -2.11. The molecule has 10 rings (SSSR count). The quantitative estimate of drug-likeness (QED) is 0.151. The molecule has 0 saturated carbocycles. The Kier molecular flexibility index (Phi) is 8.16. The van der Waals surface area contributed by atoms with E-state index in [0.29, 0.717) is 0 Å². The number of hydrogen-bond donors (Lipinski definition) is 0. The highest BCUT2D eigenvalue weighted by molar-refractivity contribution is 7.26. The van der Waals surface area contributed by atoms with Gasteiger partial charge in [0.05, 0.1) is 21.8 Å². The summed E-state index contributed by atoms with van der Waals surface area (Å²) in [5, 5.41) is 7.44. The lowest BCUT2D eigenvalue weighted by Gasteiger charge is -2.29. The summed E-state index contributed by atoms with van der Waals surface area (Å²) in [4.78, 5) is 4.91. The topological polar surface area (TPSA) is 6.48 Å². The fourth-order valence-corrected chi connectivity index (χ4v) is 9.53. The molecule has 0 aliphatic rings. The van der Waals surface area contributed by atoms with Crippen molar-refractivity contribution < 1.29 is 0 Å². The Hall–Kier alpha value is -6.68. The molecule has 2 nitrogen and oxygen atoms in total. The Morgan fingerprint density at radius 3 is 1.73 bits per heavy atom. The third-order valence-electron chi connectivity index (χ3n) is 10.9. The second kappa shape index (κ2) is 13.6. The van der Waals surface area contributed by atoms with Gasteiger partial charge in [0, 0.05) is 37.9 Å². The lowest BCUT2D eigenvalue weighted by atomic mass is 9.95. The van der Waals surface area contributed by atoms with Gasteiger partial charge in [0.25, 0.3) is 0 Å². The number of rotatable bonds is 7. The van der Waals surface area contributed by atoms with Gasteiger partial charge in [-0.15, -0.1) is 11.3 Å². The smallest absolute Gasteiger partial charge is 0.0640 e. The van der Waals surface area contributed by atoms with Crippen molar-refractivity contribution in [3.05, 3.63) is 205 Å². The van der Waals surface area contributed by atoms with Crippen LogP contribution in [0.5, 0.6) is 0 Å². The maximum atomic E-state index is 2.52. The van der Waals surface area contributed by atoms with Crippen molar-refractivity contribution in [1.29, 1.82) is 0 Å². The maximum absolute atomic E-state index is 2.52. The summed E-state index contributed by atoms with van der Waals surface area (Å²) in [5.41, 5.74) is 11.9. The van der Waals surface area contributed by atoms with Crippen molar-refractivity contribution in [3.63, 3.8) is 0 Å². The molecule has 0 aliphatic carbocycles. The van der Waals surface area contributed by atoms with E-state index in [1.54, 1.807) is 0 Å². The van der Waals surface area contributed by atoms with E-state index < -0.39 is 0 Å². The van der Waals surface area contributed by atoms with Crippen LogP contribution in [0.3, 0.4) is 0 Å². The van der Waals surface area contributed by atoms with Crippen molar-refractivity contribution in [2.45, 2.75) is 13.8 Å². The fraction of sp³-hybridized carbons (Fsp3) is 0.0385. The van der Waals surface area contributed by atoms with E-state index in [1.165, 1.54) is 69.7 Å². The van der Waals surface area contributed by atoms with E-state index in [9.17, 15) is 0 Å². The highest BCUT2D eigenvalue weighted by atomic mass is 32.1. The van der Waals surface area contributed by atoms with Crippen molar-refractivity contribution in [2.24, 2.45) is 0 Å². The van der Waals surface area contributed by atoms with Crippen LogP contribution in [-0.2, 0) is 0 Å². The minimum Gasteiger partial charge on any atom is -0.309 e. The Balaban J connectivity index is 1.28. The average molecular weight is 723 g/mol. The van der Waals surface area contributed by atoms with Crippen LogP contribution in [0.25, 0.3) is 52.8 Å². The predicted octanol–water partition coefficient (Wildman–Crippen LogP) is 15.6. The molecule has 9 aromatic carbocycles. The number of benzene rings is 9. The van der Waals surface area contributed by atoms with Crippen molar-refractivity contribution in [2.75, 3.05) is 9.80 Å². The van der Waals surface area contributed by atoms with Gasteiger partial charge in [-0.25, -0.2) is 0 Å². The summed E-state index contributed by atoms with van der Waals surface area (Å²) in [6.45, 7) is 4.43. The molecule has 1 heterocycles. The molecule has 0 unspecified atom stereocenters. The van der Waals surface area contributed by atoms with Crippen LogP contribution in [0.2, 0.25) is 0 Å². The van der Waals surface area contributed by atoms with E-state index in [1.807, 2.05) is 11.3 Å². The second-order valence-corrected chi connectivity index (χ2v) is 15.3. The van der Waals surface area contributed by atoms with Crippen LogP contribution >= 0.6 is 11.3 Å². The first kappa shape index (κ1) is 32.9. The van der Waals surface area contributed by atoms with Gasteiger partial charge < -0.3 is 9.80 Å². The molecule has 0 atom stereocenters. The normalized spacial score (nSPS) is 11.5. The van der Waals surface area contributed by atoms with Gasteiger partial charge >= 0.3 is 0 Å². The van der Waals surface area contributed by atoms with E-state index in [-0.39, 0.29) is 0 Å². The van der Waals surface area contributed by atoms with Gasteiger partial charge in [-0.05, 0) is 113 Å². The summed E-state index contributed by atoms with van der Waals surface area (Å²) in [5.74, 6) is 0. The number of fused-ring (bicyclic) bond motifs is 6. The number of nitrogens with zero attached hydrogens (tertiary/aromatic N) is 2. The first-order valence-electron chi connectivity index (χ1n) is 18.9. The maximum Gasteiger partial charge on any atom is 0.0640 e. The third kappa shape index (κ3) is 5.64. The molecular formula is C52H38N2S. The summed E-state index contributed by atoms with van der Waals surface area (Å²) in [6.07, 6.45) is 0. The Morgan fingerprint density at radius 1 is 0.364 bits per heavy atom. The minimum atomic E-state index is 1.13. The first-order chi connectivity index (χ1) is 27.1. The zero-order valence-electron chi connectivity index (χ0n) is 30.8. The lowest BCUT2D eigenvalue weighted by molar-refractivity contribution is 1.30. The molecule has 55 heavy (non-hydrogen) atoms. The molecule has 0 aliphatic heterocycles. The monoisotopic (exact) mass is 722 g/mol. The fourth-order valence-electron chi connectivity index (χ4n) is 8.30. The van der Waals surface area contributed by atoms with Crippen molar-refractivity contribution >= 4 is 87.2 Å². The molecule has 262 valence electrons. The van der Waals surface area contributed by atoms with Crippen LogP contribution < -0.4 is 9.80 Å². The summed E-state index contributed by atoms with van der Waals surface area (Å²) < 4.78 is 2.51. The van der Waals surface area contributed by atoms with Crippen molar-refractivity contribution in [1.82, 2.24) is 0 Å². The molecule has 1 aromatic heterocycles. The van der Waals surface area contributed by atoms with E-state index in [2.05, 4.69) is 218 Å². The van der Waals surface area contributed by atoms with Gasteiger partial charge in [0.15, 0.2) is 0 Å². The molecule has 0 spiro atoms. The second-order valence-electron chi connectivity index (χ2n) is 14.2. The van der Waals surface area contributed by atoms with Crippen LogP contribution in [0.1, 0.15) is 11.1 Å². The first-order valence-corrected chi connectivity index (χ1v) is 19.7. The Labute approximate surface area is 325 Å².